The molecule has 0 amide bonds. The van der Waals surface area contributed by atoms with Gasteiger partial charge in [-0.2, -0.15) is 0 Å². The molecule has 0 saturated heterocycles. The van der Waals surface area contributed by atoms with Crippen molar-refractivity contribution in [3.8, 4) is 67.4 Å². The maximum absolute atomic E-state index is 5.41. The van der Waals surface area contributed by atoms with Crippen molar-refractivity contribution >= 4 is 54.0 Å². The largest absolute Gasteiger partial charge is 0.248 e. The average molecular weight is 788 g/mol. The predicted molar refractivity (Wildman–Crippen MR) is 260 cm³/mol. The molecular formula is C59H37N3. The van der Waals surface area contributed by atoms with Crippen LogP contribution in [0.3, 0.4) is 0 Å². The van der Waals surface area contributed by atoms with E-state index in [1.54, 1.807) is 0 Å². The van der Waals surface area contributed by atoms with E-state index in [2.05, 4.69) is 224 Å². The van der Waals surface area contributed by atoms with E-state index in [9.17, 15) is 0 Å². The van der Waals surface area contributed by atoms with Gasteiger partial charge >= 0.3 is 0 Å². The Kier molecular flexibility index (Phi) is 8.50. The van der Waals surface area contributed by atoms with E-state index in [0.717, 1.165) is 94.0 Å². The van der Waals surface area contributed by atoms with Crippen LogP contribution in [-0.4, -0.2) is 15.0 Å². The van der Waals surface area contributed by atoms with Gasteiger partial charge in [0.05, 0.1) is 22.6 Å². The summed E-state index contributed by atoms with van der Waals surface area (Å²) in [5, 5.41) is 10.5. The molecule has 0 fully saturated rings. The quantitative estimate of drug-likeness (QED) is 0.158. The highest BCUT2D eigenvalue weighted by atomic mass is 14.9. The molecule has 2 aromatic heterocycles. The van der Waals surface area contributed by atoms with Gasteiger partial charge in [-0.3, -0.25) is 0 Å². The van der Waals surface area contributed by atoms with Crippen molar-refractivity contribution in [1.82, 2.24) is 15.0 Å². The summed E-state index contributed by atoms with van der Waals surface area (Å²) in [6.07, 6.45) is 0. The second-order valence-corrected chi connectivity index (χ2v) is 15.9. The number of hydrogen-bond donors (Lipinski definition) is 0. The minimum Gasteiger partial charge on any atom is -0.248 e. The van der Waals surface area contributed by atoms with Gasteiger partial charge in [-0.25, -0.2) is 15.0 Å². The van der Waals surface area contributed by atoms with Crippen LogP contribution in [0.5, 0.6) is 0 Å². The van der Waals surface area contributed by atoms with Gasteiger partial charge in [0.1, 0.15) is 0 Å². The van der Waals surface area contributed by atoms with Gasteiger partial charge in [-0.1, -0.05) is 194 Å². The van der Waals surface area contributed by atoms with Crippen LogP contribution in [0.2, 0.25) is 0 Å². The number of pyridine rings is 1. The highest BCUT2D eigenvalue weighted by molar-refractivity contribution is 6.14. The van der Waals surface area contributed by atoms with Gasteiger partial charge in [-0.15, -0.1) is 0 Å². The molecule has 0 N–H and O–H groups in total. The lowest BCUT2D eigenvalue weighted by molar-refractivity contribution is 1.19. The normalized spacial score (nSPS) is 11.5. The molecule has 0 saturated carbocycles. The third-order valence-electron chi connectivity index (χ3n) is 12.3. The number of fused-ring (bicyclic) bond motifs is 6. The Morgan fingerprint density at radius 1 is 0.242 bits per heavy atom. The monoisotopic (exact) mass is 787 g/mol. The Morgan fingerprint density at radius 2 is 0.726 bits per heavy atom. The van der Waals surface area contributed by atoms with Crippen LogP contribution in [0.1, 0.15) is 0 Å². The number of benzene rings is 10. The maximum atomic E-state index is 5.41. The summed E-state index contributed by atoms with van der Waals surface area (Å²) >= 11 is 0. The minimum absolute atomic E-state index is 0.693. The fourth-order valence-electron chi connectivity index (χ4n) is 9.33. The molecule has 0 spiro atoms. The lowest BCUT2D eigenvalue weighted by Gasteiger charge is -2.16. The molecular weight excluding hydrogens is 751 g/mol. The van der Waals surface area contributed by atoms with Crippen molar-refractivity contribution in [1.29, 1.82) is 0 Å². The standard InChI is InChI=1S/C59H37N3/c1-2-18-41(19-3-1)55-36-53(58-47-26-9-6-17-40(47)31-34-54(58)60-55)43-23-12-22-42(35-43)46-32-33-52(49-28-11-10-27-48(46)49)59-61-56(50-29-13-20-38-15-4-7-24-44(38)50)37-57(62-59)51-30-14-21-39-16-5-8-25-45(39)51/h1-37H. The van der Waals surface area contributed by atoms with E-state index in [-0.39, 0.29) is 0 Å². The lowest BCUT2D eigenvalue weighted by Crippen LogP contribution is -1.98. The molecule has 0 aliphatic carbocycles. The van der Waals surface area contributed by atoms with E-state index in [1.165, 1.54) is 21.5 Å². The Bertz CT molecular complexity index is 3590. The summed E-state index contributed by atoms with van der Waals surface area (Å²) in [4.78, 5) is 16.0. The Morgan fingerprint density at radius 3 is 1.39 bits per heavy atom. The van der Waals surface area contributed by atoms with E-state index in [1.807, 2.05) is 0 Å². The van der Waals surface area contributed by atoms with Gasteiger partial charge in [0.2, 0.25) is 0 Å². The van der Waals surface area contributed by atoms with E-state index >= 15 is 0 Å². The van der Waals surface area contributed by atoms with E-state index in [0.29, 0.717) is 5.82 Å². The van der Waals surface area contributed by atoms with Crippen LogP contribution in [0.4, 0.5) is 0 Å². The van der Waals surface area contributed by atoms with Crippen molar-refractivity contribution in [3.63, 3.8) is 0 Å². The van der Waals surface area contributed by atoms with Gasteiger partial charge in [0, 0.05) is 27.6 Å². The SMILES string of the molecule is c1ccc(-c2cc(-c3cccc(-c4ccc(-c5nc(-c6cccc7ccccc67)cc(-c6cccc7ccccc67)n5)c5ccccc45)c3)c3c(ccc4ccccc43)n2)cc1. The first-order valence-electron chi connectivity index (χ1n) is 21.1. The van der Waals surface area contributed by atoms with Crippen molar-refractivity contribution in [2.24, 2.45) is 0 Å². The average Bonchev–Trinajstić information content (AvgIpc) is 3.35. The van der Waals surface area contributed by atoms with Crippen LogP contribution in [0.15, 0.2) is 224 Å². The van der Waals surface area contributed by atoms with Gasteiger partial charge < -0.3 is 0 Å². The summed E-state index contributed by atoms with van der Waals surface area (Å²) in [6, 6.07) is 79.9. The third-order valence-corrected chi connectivity index (χ3v) is 12.3. The number of nitrogens with zero attached hydrogens (tertiary/aromatic N) is 3. The topological polar surface area (TPSA) is 38.7 Å². The highest BCUT2D eigenvalue weighted by Gasteiger charge is 2.19. The molecule has 0 aliphatic rings. The molecule has 0 atom stereocenters. The minimum atomic E-state index is 0.693. The fourth-order valence-corrected chi connectivity index (χ4v) is 9.33. The summed E-state index contributed by atoms with van der Waals surface area (Å²) in [6.45, 7) is 0. The molecule has 0 bridgehead atoms. The fraction of sp³-hybridized carbons (Fsp3) is 0. The van der Waals surface area contributed by atoms with Crippen LogP contribution >= 0.6 is 0 Å². The first kappa shape index (κ1) is 35.7. The zero-order valence-corrected chi connectivity index (χ0v) is 33.7. The smallest absolute Gasteiger partial charge is 0.161 e. The second-order valence-electron chi connectivity index (χ2n) is 15.9. The highest BCUT2D eigenvalue weighted by Crippen LogP contribution is 2.41. The van der Waals surface area contributed by atoms with E-state index < -0.39 is 0 Å². The van der Waals surface area contributed by atoms with Gasteiger partial charge in [0.25, 0.3) is 0 Å². The second kappa shape index (κ2) is 14.8. The molecule has 3 nitrogen and oxygen atoms in total. The third kappa shape index (κ3) is 6.10. The molecule has 0 unspecified atom stereocenters. The lowest BCUT2D eigenvalue weighted by atomic mass is 9.90. The molecule has 288 valence electrons. The van der Waals surface area contributed by atoms with Crippen LogP contribution < -0.4 is 0 Å². The summed E-state index contributed by atoms with van der Waals surface area (Å²) < 4.78 is 0. The Hall–Kier alpha value is -8.27. The molecule has 0 radical (unpaired) electrons. The molecule has 10 aromatic carbocycles. The van der Waals surface area contributed by atoms with Crippen molar-refractivity contribution in [2.45, 2.75) is 0 Å². The summed E-state index contributed by atoms with van der Waals surface area (Å²) in [5.74, 6) is 0.693. The van der Waals surface area contributed by atoms with Crippen molar-refractivity contribution < 1.29 is 0 Å². The number of hydrogen-bond acceptors (Lipinski definition) is 3. The van der Waals surface area contributed by atoms with Crippen LogP contribution in [0.25, 0.3) is 121 Å². The zero-order valence-electron chi connectivity index (χ0n) is 33.7. The number of aromatic nitrogens is 3. The Labute approximate surface area is 359 Å². The summed E-state index contributed by atoms with van der Waals surface area (Å²) in [7, 11) is 0. The van der Waals surface area contributed by atoms with Gasteiger partial charge in [-0.05, 0) is 95.7 Å². The molecule has 0 aliphatic heterocycles. The molecule has 2 heterocycles. The first-order valence-corrected chi connectivity index (χ1v) is 21.1. The maximum Gasteiger partial charge on any atom is 0.161 e. The van der Waals surface area contributed by atoms with Crippen LogP contribution in [0, 0.1) is 0 Å². The number of rotatable bonds is 6. The van der Waals surface area contributed by atoms with Crippen LogP contribution in [-0.2, 0) is 0 Å². The molecule has 62 heavy (non-hydrogen) atoms. The molecule has 12 aromatic rings. The van der Waals surface area contributed by atoms with Crippen molar-refractivity contribution in [3.05, 3.63) is 224 Å². The summed E-state index contributed by atoms with van der Waals surface area (Å²) in [5.41, 5.74) is 12.6. The first-order chi connectivity index (χ1) is 30.7. The molecule has 12 rings (SSSR count). The predicted octanol–water partition coefficient (Wildman–Crippen LogP) is 15.6. The van der Waals surface area contributed by atoms with Gasteiger partial charge in [0.15, 0.2) is 5.82 Å². The Balaban J connectivity index is 1.05. The van der Waals surface area contributed by atoms with E-state index in [4.69, 9.17) is 15.0 Å². The van der Waals surface area contributed by atoms with Crippen molar-refractivity contribution in [2.75, 3.05) is 0 Å². The molecule has 3 heteroatoms. The zero-order chi connectivity index (χ0) is 41.0.